The number of hydrogen-bond donors (Lipinski definition) is 2. The number of anilines is 1. The van der Waals surface area contributed by atoms with E-state index in [0.29, 0.717) is 57.4 Å². The van der Waals surface area contributed by atoms with Crippen molar-refractivity contribution in [2.75, 3.05) is 18.9 Å². The van der Waals surface area contributed by atoms with Gasteiger partial charge >= 0.3 is 6.09 Å². The van der Waals surface area contributed by atoms with Crippen molar-refractivity contribution < 1.29 is 19.1 Å². The molecule has 2 N–H and O–H groups in total. The fourth-order valence-electron chi connectivity index (χ4n) is 4.57. The number of ketones is 1. The summed E-state index contributed by atoms with van der Waals surface area (Å²) in [7, 11) is 1.68. The van der Waals surface area contributed by atoms with Crippen molar-refractivity contribution in [3.63, 3.8) is 0 Å². The fraction of sp³-hybridized carbons (Fsp3) is 0.290. The molecule has 0 aliphatic rings. The molecule has 1 aromatic heterocycles. The summed E-state index contributed by atoms with van der Waals surface area (Å²) in [5, 5.41) is 12.5. The number of halogens is 2. The van der Waals surface area contributed by atoms with Crippen LogP contribution in [0.1, 0.15) is 47.9 Å². The molecule has 0 saturated heterocycles. The van der Waals surface area contributed by atoms with Gasteiger partial charge in [-0.2, -0.15) is 0 Å². The standard InChI is InChI=1S/C31H33Cl2N5O4/c1-31(2,3)42-30(41)35-24-11-6-5-9-22(24)28(40)36(4)17-8-18-37-27-23(33)10-7-12-25(27)38(29(37)34)19-26(39)20-13-15-21(32)16-14-20/h5-7,9-16,34H,8,17-19H2,1-4H3,(H,35,41). The van der Waals surface area contributed by atoms with Crippen LogP contribution in [-0.4, -0.2) is 51.0 Å². The number of rotatable bonds is 9. The normalized spacial score (nSPS) is 11.4. The molecule has 0 saturated carbocycles. The largest absolute Gasteiger partial charge is 0.444 e. The SMILES string of the molecule is CN(CCCn1c(=N)n(CC(=O)c2ccc(Cl)cc2)c2cccc(Cl)c21)C(=O)c1ccccc1NC(=O)OC(C)(C)C. The first-order valence-electron chi connectivity index (χ1n) is 13.4. The van der Waals surface area contributed by atoms with Crippen LogP contribution < -0.4 is 10.9 Å². The number of nitrogens with zero attached hydrogens (tertiary/aromatic N) is 3. The lowest BCUT2D eigenvalue weighted by atomic mass is 10.1. The average Bonchev–Trinajstić information content (AvgIpc) is 3.19. The number of hydrogen-bond acceptors (Lipinski definition) is 5. The molecule has 0 radical (unpaired) electrons. The zero-order chi connectivity index (χ0) is 30.6. The van der Waals surface area contributed by atoms with Crippen molar-refractivity contribution in [3.05, 3.63) is 93.5 Å². The summed E-state index contributed by atoms with van der Waals surface area (Å²) < 4.78 is 8.71. The van der Waals surface area contributed by atoms with E-state index in [4.69, 9.17) is 33.3 Å². The third kappa shape index (κ3) is 7.21. The lowest BCUT2D eigenvalue weighted by Crippen LogP contribution is -2.32. The Morgan fingerprint density at radius 3 is 2.33 bits per heavy atom. The third-order valence-electron chi connectivity index (χ3n) is 6.52. The van der Waals surface area contributed by atoms with Crippen molar-refractivity contribution in [1.29, 1.82) is 5.41 Å². The monoisotopic (exact) mass is 609 g/mol. The van der Waals surface area contributed by atoms with Gasteiger partial charge in [-0.1, -0.05) is 41.4 Å². The van der Waals surface area contributed by atoms with Crippen LogP contribution in [0.4, 0.5) is 10.5 Å². The van der Waals surface area contributed by atoms with E-state index in [2.05, 4.69) is 5.32 Å². The van der Waals surface area contributed by atoms with E-state index in [1.165, 1.54) is 0 Å². The fourth-order valence-corrected chi connectivity index (χ4v) is 4.97. The first kappa shape index (κ1) is 30.9. The number of carbonyl (C=O) groups is 3. The van der Waals surface area contributed by atoms with Crippen LogP contribution in [0.3, 0.4) is 0 Å². The van der Waals surface area contributed by atoms with E-state index in [1.807, 2.05) is 6.07 Å². The molecule has 1 heterocycles. The summed E-state index contributed by atoms with van der Waals surface area (Å²) in [6.45, 7) is 6.01. The van der Waals surface area contributed by atoms with Crippen LogP contribution in [0.15, 0.2) is 66.7 Å². The van der Waals surface area contributed by atoms with Gasteiger partial charge in [-0.25, -0.2) is 4.79 Å². The molecule has 0 fully saturated rings. The van der Waals surface area contributed by atoms with Gasteiger partial charge in [-0.05, 0) is 75.7 Å². The number of ether oxygens (including phenoxy) is 1. The first-order valence-corrected chi connectivity index (χ1v) is 14.2. The molecular formula is C31H33Cl2N5O4. The first-order chi connectivity index (χ1) is 19.9. The van der Waals surface area contributed by atoms with Crippen molar-refractivity contribution >= 4 is 57.7 Å². The van der Waals surface area contributed by atoms with E-state index >= 15 is 0 Å². The Hall–Kier alpha value is -4.08. The van der Waals surface area contributed by atoms with E-state index < -0.39 is 11.7 Å². The minimum atomic E-state index is -0.677. The molecule has 0 aliphatic carbocycles. The summed E-state index contributed by atoms with van der Waals surface area (Å²) in [6.07, 6.45) is -0.136. The van der Waals surface area contributed by atoms with Gasteiger partial charge in [0.2, 0.25) is 5.62 Å². The van der Waals surface area contributed by atoms with Crippen molar-refractivity contribution in [1.82, 2.24) is 14.0 Å². The van der Waals surface area contributed by atoms with Gasteiger partial charge in [0.15, 0.2) is 5.78 Å². The van der Waals surface area contributed by atoms with Gasteiger partial charge in [0.05, 0.1) is 33.9 Å². The van der Waals surface area contributed by atoms with E-state index in [1.54, 1.807) is 103 Å². The number of carbonyl (C=O) groups excluding carboxylic acids is 3. The quantitative estimate of drug-likeness (QED) is 0.208. The number of amides is 2. The Morgan fingerprint density at radius 2 is 1.64 bits per heavy atom. The van der Waals surface area contributed by atoms with Crippen LogP contribution in [0.5, 0.6) is 0 Å². The maximum atomic E-state index is 13.3. The van der Waals surface area contributed by atoms with Crippen molar-refractivity contribution in [2.24, 2.45) is 0 Å². The number of aryl methyl sites for hydroxylation is 1. The number of imidazole rings is 1. The van der Waals surface area contributed by atoms with Gasteiger partial charge in [-0.15, -0.1) is 0 Å². The molecule has 42 heavy (non-hydrogen) atoms. The predicted octanol–water partition coefficient (Wildman–Crippen LogP) is 6.62. The maximum Gasteiger partial charge on any atom is 0.412 e. The zero-order valence-corrected chi connectivity index (χ0v) is 25.4. The molecule has 4 rings (SSSR count). The number of benzene rings is 3. The van der Waals surface area contributed by atoms with Crippen LogP contribution >= 0.6 is 23.2 Å². The summed E-state index contributed by atoms with van der Waals surface area (Å²) in [4.78, 5) is 40.2. The van der Waals surface area contributed by atoms with Gasteiger partial charge < -0.3 is 18.8 Å². The lowest BCUT2D eigenvalue weighted by molar-refractivity contribution is 0.0635. The smallest absolute Gasteiger partial charge is 0.412 e. The van der Waals surface area contributed by atoms with Crippen LogP contribution in [0.2, 0.25) is 10.0 Å². The Balaban J connectivity index is 1.49. The van der Waals surface area contributed by atoms with E-state index in [-0.39, 0.29) is 23.9 Å². The second-order valence-electron chi connectivity index (χ2n) is 10.9. The molecule has 220 valence electrons. The summed E-state index contributed by atoms with van der Waals surface area (Å²) in [5.74, 6) is -0.431. The Labute approximate surface area is 254 Å². The maximum absolute atomic E-state index is 13.3. The highest BCUT2D eigenvalue weighted by molar-refractivity contribution is 6.35. The Kier molecular flexibility index (Phi) is 9.43. The number of para-hydroxylation sites is 2. The molecule has 4 aromatic rings. The average molecular weight is 611 g/mol. The van der Waals surface area contributed by atoms with Gasteiger partial charge in [-0.3, -0.25) is 20.3 Å². The van der Waals surface area contributed by atoms with Crippen LogP contribution in [0.25, 0.3) is 11.0 Å². The molecule has 0 aliphatic heterocycles. The molecule has 9 nitrogen and oxygen atoms in total. The Bertz CT molecular complexity index is 1690. The lowest BCUT2D eigenvalue weighted by Gasteiger charge is -2.22. The highest BCUT2D eigenvalue weighted by Crippen LogP contribution is 2.24. The molecule has 0 bridgehead atoms. The van der Waals surface area contributed by atoms with E-state index in [0.717, 1.165) is 0 Å². The highest BCUT2D eigenvalue weighted by Gasteiger charge is 2.21. The molecule has 0 atom stereocenters. The topological polar surface area (TPSA) is 109 Å². The van der Waals surface area contributed by atoms with E-state index in [9.17, 15) is 14.4 Å². The van der Waals surface area contributed by atoms with Crippen LogP contribution in [0, 0.1) is 5.41 Å². The summed E-state index contributed by atoms with van der Waals surface area (Å²) >= 11 is 12.5. The minimum absolute atomic E-state index is 0.0376. The number of Topliss-reactive ketones (excluding diaryl/α,β-unsaturated/α-hetero) is 1. The number of nitrogens with one attached hydrogen (secondary N) is 2. The molecule has 0 spiro atoms. The molecule has 11 heteroatoms. The molecule has 0 unspecified atom stereocenters. The highest BCUT2D eigenvalue weighted by atomic mass is 35.5. The van der Waals surface area contributed by atoms with Crippen molar-refractivity contribution in [2.45, 2.75) is 45.9 Å². The Morgan fingerprint density at radius 1 is 0.952 bits per heavy atom. The number of aromatic nitrogens is 2. The predicted molar refractivity (Wildman–Crippen MR) is 164 cm³/mol. The van der Waals surface area contributed by atoms with Gasteiger partial charge in [0.1, 0.15) is 5.60 Å². The second-order valence-corrected chi connectivity index (χ2v) is 11.7. The van der Waals surface area contributed by atoms with Crippen molar-refractivity contribution in [3.8, 4) is 0 Å². The molecular weight excluding hydrogens is 577 g/mol. The third-order valence-corrected chi connectivity index (χ3v) is 7.08. The molecule has 2 amide bonds. The minimum Gasteiger partial charge on any atom is -0.444 e. The molecule has 3 aromatic carbocycles. The summed E-state index contributed by atoms with van der Waals surface area (Å²) in [6, 6.07) is 18.7. The second kappa shape index (κ2) is 12.8. The summed E-state index contributed by atoms with van der Waals surface area (Å²) in [5.41, 5.74) is 1.95. The zero-order valence-electron chi connectivity index (χ0n) is 23.9. The van der Waals surface area contributed by atoms with Crippen LogP contribution in [-0.2, 0) is 17.8 Å². The van der Waals surface area contributed by atoms with Gasteiger partial charge in [0, 0.05) is 30.7 Å². The number of fused-ring (bicyclic) bond motifs is 1. The van der Waals surface area contributed by atoms with Gasteiger partial charge in [0.25, 0.3) is 5.91 Å².